The zero-order valence-corrected chi connectivity index (χ0v) is 6.73. The first kappa shape index (κ1) is 7.97. The van der Waals surface area contributed by atoms with Crippen molar-refractivity contribution in [3.8, 4) is 0 Å². The van der Waals surface area contributed by atoms with Crippen LogP contribution in [-0.4, -0.2) is 11.2 Å². The highest BCUT2D eigenvalue weighted by molar-refractivity contribution is 5.71. The van der Waals surface area contributed by atoms with Crippen molar-refractivity contribution in [1.82, 2.24) is 0 Å². The van der Waals surface area contributed by atoms with Crippen molar-refractivity contribution in [3.63, 3.8) is 0 Å². The standard InChI is InChI=1S/C8H7NO4/c10-5-8(3-4-8)6-1-2-7(13-6)9(11)12/h1-2,5H,3-4H2. The summed E-state index contributed by atoms with van der Waals surface area (Å²) in [4.78, 5) is 20.3. The van der Waals surface area contributed by atoms with Crippen LogP contribution in [0.1, 0.15) is 18.6 Å². The summed E-state index contributed by atoms with van der Waals surface area (Å²) in [5.41, 5.74) is -0.561. The Bertz CT molecular complexity index is 364. The average Bonchev–Trinajstić information content (AvgIpc) is 2.75. The second-order valence-corrected chi connectivity index (χ2v) is 3.17. The fourth-order valence-electron chi connectivity index (χ4n) is 1.25. The molecule has 1 saturated carbocycles. The van der Waals surface area contributed by atoms with E-state index in [1.165, 1.54) is 12.1 Å². The molecule has 0 aliphatic heterocycles. The van der Waals surface area contributed by atoms with Gasteiger partial charge in [0.2, 0.25) is 0 Å². The number of aldehydes is 1. The van der Waals surface area contributed by atoms with Gasteiger partial charge in [0, 0.05) is 0 Å². The number of nitrogens with zero attached hydrogens (tertiary/aromatic N) is 1. The van der Waals surface area contributed by atoms with Gasteiger partial charge in [-0.1, -0.05) is 0 Å². The van der Waals surface area contributed by atoms with Crippen LogP contribution in [0.5, 0.6) is 0 Å². The van der Waals surface area contributed by atoms with Crippen molar-refractivity contribution in [2.75, 3.05) is 0 Å². The summed E-state index contributed by atoms with van der Waals surface area (Å²) < 4.78 is 4.93. The maximum absolute atomic E-state index is 10.6. The maximum atomic E-state index is 10.6. The lowest BCUT2D eigenvalue weighted by atomic mass is 10.1. The Morgan fingerprint density at radius 1 is 1.54 bits per heavy atom. The van der Waals surface area contributed by atoms with E-state index in [4.69, 9.17) is 4.42 Å². The van der Waals surface area contributed by atoms with Crippen LogP contribution < -0.4 is 0 Å². The van der Waals surface area contributed by atoms with Crippen molar-refractivity contribution in [2.45, 2.75) is 18.3 Å². The highest BCUT2D eigenvalue weighted by Crippen LogP contribution is 2.47. The Hall–Kier alpha value is -1.65. The molecule has 1 aromatic heterocycles. The summed E-state index contributed by atoms with van der Waals surface area (Å²) in [7, 11) is 0. The summed E-state index contributed by atoms with van der Waals surface area (Å²) in [6.07, 6.45) is 2.25. The van der Waals surface area contributed by atoms with Gasteiger partial charge in [-0.2, -0.15) is 0 Å². The number of furan rings is 1. The first-order valence-electron chi connectivity index (χ1n) is 3.89. The lowest BCUT2D eigenvalue weighted by Gasteiger charge is -1.98. The molecule has 0 saturated heterocycles. The van der Waals surface area contributed by atoms with E-state index in [9.17, 15) is 14.9 Å². The van der Waals surface area contributed by atoms with Crippen LogP contribution in [0.25, 0.3) is 0 Å². The molecule has 5 heteroatoms. The SMILES string of the molecule is O=CC1(c2ccc([N+](=O)[O-])o2)CC1. The number of hydrogen-bond acceptors (Lipinski definition) is 4. The minimum absolute atomic E-state index is 0.303. The molecule has 2 rings (SSSR count). The molecule has 1 aliphatic rings. The zero-order chi connectivity index (χ0) is 9.47. The van der Waals surface area contributed by atoms with Crippen LogP contribution in [0.3, 0.4) is 0 Å². The van der Waals surface area contributed by atoms with Gasteiger partial charge in [-0.25, -0.2) is 0 Å². The van der Waals surface area contributed by atoms with Crippen LogP contribution in [0, 0.1) is 10.1 Å². The van der Waals surface area contributed by atoms with E-state index in [2.05, 4.69) is 0 Å². The van der Waals surface area contributed by atoms with Gasteiger partial charge >= 0.3 is 5.88 Å². The number of nitro groups is 1. The molecule has 1 aromatic rings. The number of hydrogen-bond donors (Lipinski definition) is 0. The Labute approximate surface area is 73.5 Å². The molecule has 13 heavy (non-hydrogen) atoms. The van der Waals surface area contributed by atoms with Gasteiger partial charge in [-0.3, -0.25) is 10.1 Å². The number of rotatable bonds is 3. The molecule has 1 fully saturated rings. The van der Waals surface area contributed by atoms with E-state index >= 15 is 0 Å². The molecule has 0 atom stereocenters. The van der Waals surface area contributed by atoms with Crippen LogP contribution in [0.2, 0.25) is 0 Å². The lowest BCUT2D eigenvalue weighted by molar-refractivity contribution is -0.402. The first-order valence-corrected chi connectivity index (χ1v) is 3.89. The Kier molecular flexibility index (Phi) is 1.48. The highest BCUT2D eigenvalue weighted by Gasteiger charge is 2.47. The predicted molar refractivity (Wildman–Crippen MR) is 42.3 cm³/mol. The zero-order valence-electron chi connectivity index (χ0n) is 6.73. The van der Waals surface area contributed by atoms with Crippen LogP contribution in [0.4, 0.5) is 5.88 Å². The third-order valence-electron chi connectivity index (χ3n) is 2.28. The quantitative estimate of drug-likeness (QED) is 0.401. The molecular formula is C8H7NO4. The van der Waals surface area contributed by atoms with Gasteiger partial charge in [0.15, 0.2) is 0 Å². The predicted octanol–water partition coefficient (Wildman–Crippen LogP) is 1.42. The third-order valence-corrected chi connectivity index (χ3v) is 2.28. The molecule has 0 N–H and O–H groups in total. The molecule has 1 heterocycles. The number of carbonyl (C=O) groups excluding carboxylic acids is 1. The summed E-state index contributed by atoms with van der Waals surface area (Å²) in [5.74, 6) is 0.109. The molecule has 1 aliphatic carbocycles. The first-order chi connectivity index (χ1) is 6.18. The van der Waals surface area contributed by atoms with Gasteiger partial charge in [-0.15, -0.1) is 0 Å². The maximum Gasteiger partial charge on any atom is 0.433 e. The van der Waals surface area contributed by atoms with Gasteiger partial charge in [-0.05, 0) is 18.9 Å². The van der Waals surface area contributed by atoms with Crippen molar-refractivity contribution in [2.24, 2.45) is 0 Å². The fraction of sp³-hybridized carbons (Fsp3) is 0.375. The lowest BCUT2D eigenvalue weighted by Crippen LogP contribution is -2.05. The largest absolute Gasteiger partial charge is 0.433 e. The Morgan fingerprint density at radius 2 is 2.23 bits per heavy atom. The summed E-state index contributed by atoms with van der Waals surface area (Å²) in [6, 6.07) is 2.78. The Morgan fingerprint density at radius 3 is 2.62 bits per heavy atom. The Balaban J connectivity index is 2.32. The summed E-state index contributed by atoms with van der Waals surface area (Å²) >= 11 is 0. The molecule has 0 bridgehead atoms. The summed E-state index contributed by atoms with van der Waals surface area (Å²) in [6.45, 7) is 0. The third kappa shape index (κ3) is 1.12. The van der Waals surface area contributed by atoms with E-state index in [0.717, 1.165) is 19.1 Å². The highest BCUT2D eigenvalue weighted by atomic mass is 16.6. The van der Waals surface area contributed by atoms with Gasteiger partial charge < -0.3 is 9.21 Å². The smallest absolute Gasteiger partial charge is 0.405 e. The minimum Gasteiger partial charge on any atom is -0.405 e. The normalized spacial score (nSPS) is 18.2. The molecule has 0 unspecified atom stereocenters. The topological polar surface area (TPSA) is 73.3 Å². The second-order valence-electron chi connectivity index (χ2n) is 3.17. The minimum atomic E-state index is -0.607. The summed E-state index contributed by atoms with van der Waals surface area (Å²) in [5, 5.41) is 10.3. The second kappa shape index (κ2) is 2.42. The van der Waals surface area contributed by atoms with Crippen molar-refractivity contribution in [1.29, 1.82) is 0 Å². The van der Waals surface area contributed by atoms with E-state index in [-0.39, 0.29) is 5.88 Å². The number of carbonyl (C=O) groups is 1. The van der Waals surface area contributed by atoms with E-state index in [1.54, 1.807) is 0 Å². The van der Waals surface area contributed by atoms with Crippen molar-refractivity contribution < 1.29 is 14.1 Å². The molecule has 0 spiro atoms. The molecule has 5 nitrogen and oxygen atoms in total. The molecule has 0 radical (unpaired) electrons. The van der Waals surface area contributed by atoms with Crippen molar-refractivity contribution >= 4 is 12.2 Å². The van der Waals surface area contributed by atoms with E-state index < -0.39 is 10.3 Å². The monoisotopic (exact) mass is 181 g/mol. The van der Waals surface area contributed by atoms with Crippen LogP contribution in [-0.2, 0) is 10.2 Å². The van der Waals surface area contributed by atoms with E-state index in [1.807, 2.05) is 0 Å². The van der Waals surface area contributed by atoms with Crippen molar-refractivity contribution in [3.05, 3.63) is 28.0 Å². The molecule has 68 valence electrons. The van der Waals surface area contributed by atoms with Gasteiger partial charge in [0.1, 0.15) is 17.0 Å². The van der Waals surface area contributed by atoms with Crippen LogP contribution in [0.15, 0.2) is 16.5 Å². The fourth-order valence-corrected chi connectivity index (χ4v) is 1.25. The van der Waals surface area contributed by atoms with Crippen LogP contribution >= 0.6 is 0 Å². The average molecular weight is 181 g/mol. The molecule has 0 aromatic carbocycles. The molecular weight excluding hydrogens is 174 g/mol. The van der Waals surface area contributed by atoms with Gasteiger partial charge in [0.25, 0.3) is 0 Å². The van der Waals surface area contributed by atoms with Gasteiger partial charge in [0.05, 0.1) is 11.5 Å². The van der Waals surface area contributed by atoms with E-state index in [0.29, 0.717) is 5.76 Å². The molecule has 0 amide bonds.